The maximum absolute atomic E-state index is 9.99. The first-order valence-electron chi connectivity index (χ1n) is 7.73. The summed E-state index contributed by atoms with van der Waals surface area (Å²) in [7, 11) is 0. The highest BCUT2D eigenvalue weighted by atomic mass is 35.5. The van der Waals surface area contributed by atoms with Crippen molar-refractivity contribution in [2.45, 2.75) is 58.4 Å². The molecule has 0 aliphatic heterocycles. The molecular weight excluding hydrogens is 270 g/mol. The molecule has 2 atom stereocenters. The quantitative estimate of drug-likeness (QED) is 0.873. The van der Waals surface area contributed by atoms with Crippen molar-refractivity contribution in [1.82, 2.24) is 4.90 Å². The van der Waals surface area contributed by atoms with Crippen molar-refractivity contribution in [3.05, 3.63) is 29.3 Å². The van der Waals surface area contributed by atoms with Crippen LogP contribution in [0.5, 0.6) is 5.75 Å². The number of aromatic hydroxyl groups is 1. The summed E-state index contributed by atoms with van der Waals surface area (Å²) in [6, 6.07) is 6.63. The number of fused-ring (bicyclic) bond motifs is 1. The van der Waals surface area contributed by atoms with Gasteiger partial charge >= 0.3 is 0 Å². The molecule has 0 spiro atoms. The van der Waals surface area contributed by atoms with Crippen LogP contribution in [0.15, 0.2) is 18.2 Å². The monoisotopic (exact) mass is 297 g/mol. The van der Waals surface area contributed by atoms with E-state index in [0.717, 1.165) is 6.42 Å². The van der Waals surface area contributed by atoms with Crippen molar-refractivity contribution in [3.8, 4) is 5.75 Å². The first kappa shape index (κ1) is 17.3. The Morgan fingerprint density at radius 2 is 1.85 bits per heavy atom. The molecule has 114 valence electrons. The van der Waals surface area contributed by atoms with Crippen molar-refractivity contribution >= 4 is 12.4 Å². The van der Waals surface area contributed by atoms with Gasteiger partial charge in [-0.1, -0.05) is 32.9 Å². The lowest BCUT2D eigenvalue weighted by atomic mass is 9.79. The second kappa shape index (κ2) is 7.90. The summed E-state index contributed by atoms with van der Waals surface area (Å²) in [5, 5.41) is 9.99. The number of hydrogen-bond donors (Lipinski definition) is 1. The van der Waals surface area contributed by atoms with Gasteiger partial charge < -0.3 is 5.11 Å². The number of hydrogen-bond acceptors (Lipinski definition) is 2. The molecule has 0 amide bonds. The lowest BCUT2D eigenvalue weighted by molar-refractivity contribution is 0.158. The van der Waals surface area contributed by atoms with Gasteiger partial charge in [0.25, 0.3) is 0 Å². The predicted molar refractivity (Wildman–Crippen MR) is 88.0 cm³/mol. The fourth-order valence-corrected chi connectivity index (χ4v) is 3.56. The van der Waals surface area contributed by atoms with Gasteiger partial charge in [0.1, 0.15) is 5.75 Å². The molecule has 20 heavy (non-hydrogen) atoms. The fraction of sp³-hybridized carbons (Fsp3) is 0.647. The molecule has 0 fully saturated rings. The Bertz CT molecular complexity index is 415. The normalized spacial score (nSPS) is 21.4. The van der Waals surface area contributed by atoms with Gasteiger partial charge in [-0.3, -0.25) is 4.90 Å². The third kappa shape index (κ3) is 3.48. The van der Waals surface area contributed by atoms with Crippen molar-refractivity contribution in [2.75, 3.05) is 13.1 Å². The Kier molecular flexibility index (Phi) is 6.84. The predicted octanol–water partition coefficient (Wildman–Crippen LogP) is 4.35. The van der Waals surface area contributed by atoms with E-state index < -0.39 is 0 Å². The third-order valence-corrected chi connectivity index (χ3v) is 4.44. The summed E-state index contributed by atoms with van der Waals surface area (Å²) in [5.41, 5.74) is 2.53. The Labute approximate surface area is 129 Å². The van der Waals surface area contributed by atoms with Gasteiger partial charge in [-0.15, -0.1) is 12.4 Å². The lowest BCUT2D eigenvalue weighted by Gasteiger charge is -2.39. The molecule has 2 nitrogen and oxygen atoms in total. The van der Waals surface area contributed by atoms with Crippen LogP contribution in [0.25, 0.3) is 0 Å². The van der Waals surface area contributed by atoms with Crippen molar-refractivity contribution in [1.29, 1.82) is 0 Å². The number of nitrogens with zero attached hydrogens (tertiary/aromatic N) is 1. The highest BCUT2D eigenvalue weighted by Gasteiger charge is 2.30. The van der Waals surface area contributed by atoms with Crippen LogP contribution in [0.4, 0.5) is 0 Å². The lowest BCUT2D eigenvalue weighted by Crippen LogP contribution is -2.42. The minimum atomic E-state index is 0. The summed E-state index contributed by atoms with van der Waals surface area (Å²) in [6.45, 7) is 9.22. The second-order valence-corrected chi connectivity index (χ2v) is 5.78. The molecule has 0 bridgehead atoms. The zero-order valence-electron chi connectivity index (χ0n) is 12.9. The van der Waals surface area contributed by atoms with Crippen molar-refractivity contribution in [2.24, 2.45) is 0 Å². The van der Waals surface area contributed by atoms with Crippen LogP contribution in [-0.4, -0.2) is 29.1 Å². The van der Waals surface area contributed by atoms with Crippen LogP contribution in [0.3, 0.4) is 0 Å². The van der Waals surface area contributed by atoms with Gasteiger partial charge in [-0.2, -0.15) is 0 Å². The molecule has 0 aromatic heterocycles. The maximum Gasteiger partial charge on any atom is 0.119 e. The zero-order valence-corrected chi connectivity index (χ0v) is 13.7. The Morgan fingerprint density at radius 3 is 2.45 bits per heavy atom. The molecule has 0 radical (unpaired) electrons. The maximum atomic E-state index is 9.99. The van der Waals surface area contributed by atoms with Crippen LogP contribution in [0.1, 0.15) is 57.1 Å². The summed E-state index contributed by atoms with van der Waals surface area (Å²) in [5.74, 6) is 1.01. The minimum Gasteiger partial charge on any atom is -0.508 e. The van der Waals surface area contributed by atoms with Crippen molar-refractivity contribution in [3.63, 3.8) is 0 Å². The largest absolute Gasteiger partial charge is 0.508 e. The average molecular weight is 298 g/mol. The third-order valence-electron chi connectivity index (χ3n) is 4.44. The zero-order chi connectivity index (χ0) is 13.8. The number of benzene rings is 1. The second-order valence-electron chi connectivity index (χ2n) is 5.78. The first-order valence-corrected chi connectivity index (χ1v) is 7.73. The molecule has 1 aliphatic rings. The molecule has 1 aliphatic carbocycles. The van der Waals surface area contributed by atoms with E-state index in [-0.39, 0.29) is 12.4 Å². The van der Waals surface area contributed by atoms with E-state index in [1.807, 2.05) is 12.1 Å². The molecule has 0 saturated heterocycles. The van der Waals surface area contributed by atoms with Gasteiger partial charge in [0.05, 0.1) is 0 Å². The highest BCUT2D eigenvalue weighted by molar-refractivity contribution is 5.85. The van der Waals surface area contributed by atoms with Gasteiger partial charge in [0.15, 0.2) is 0 Å². The first-order chi connectivity index (χ1) is 9.19. The van der Waals surface area contributed by atoms with Gasteiger partial charge in [-0.05, 0) is 61.9 Å². The van der Waals surface area contributed by atoms with Gasteiger partial charge in [0, 0.05) is 6.04 Å². The molecule has 0 heterocycles. The molecule has 0 saturated carbocycles. The summed E-state index contributed by atoms with van der Waals surface area (Å²) in [6.07, 6.45) is 4.62. The minimum absolute atomic E-state index is 0. The Balaban J connectivity index is 0.00000200. The van der Waals surface area contributed by atoms with Crippen LogP contribution in [-0.2, 0) is 6.42 Å². The molecule has 2 rings (SSSR count). The van der Waals surface area contributed by atoms with E-state index in [0.29, 0.717) is 17.7 Å². The molecule has 0 unspecified atom stereocenters. The summed E-state index contributed by atoms with van der Waals surface area (Å²) in [4.78, 5) is 2.65. The summed E-state index contributed by atoms with van der Waals surface area (Å²) >= 11 is 0. The van der Waals surface area contributed by atoms with Crippen molar-refractivity contribution < 1.29 is 5.11 Å². The van der Waals surface area contributed by atoms with Gasteiger partial charge in [0.2, 0.25) is 0 Å². The molecule has 1 aromatic rings. The molecule has 1 aromatic carbocycles. The van der Waals surface area contributed by atoms with Crippen LogP contribution in [0.2, 0.25) is 0 Å². The summed E-state index contributed by atoms with van der Waals surface area (Å²) < 4.78 is 0. The van der Waals surface area contributed by atoms with Crippen LogP contribution < -0.4 is 0 Å². The van der Waals surface area contributed by atoms with E-state index in [1.165, 1.54) is 43.5 Å². The number of phenols is 1. The fourth-order valence-electron chi connectivity index (χ4n) is 3.56. The number of rotatable bonds is 5. The van der Waals surface area contributed by atoms with Crippen LogP contribution >= 0.6 is 12.4 Å². The van der Waals surface area contributed by atoms with E-state index >= 15 is 0 Å². The van der Waals surface area contributed by atoms with E-state index in [4.69, 9.17) is 0 Å². The van der Waals surface area contributed by atoms with E-state index in [9.17, 15) is 5.11 Å². The standard InChI is InChI=1S/C17H27NO.ClH/c1-4-11-18(12-5-2)16-10-9-15-14(13(16)3)7-6-8-17(15)19;/h6-8,13,16,19H,4-5,9-12H2,1-3H3;1H/t13-,16+;/m1./s1. The van der Waals surface area contributed by atoms with Crippen LogP contribution in [0, 0.1) is 0 Å². The molecule has 1 N–H and O–H groups in total. The smallest absolute Gasteiger partial charge is 0.119 e. The number of halogens is 1. The molecular formula is C17H28ClNO. The average Bonchev–Trinajstić information content (AvgIpc) is 2.40. The Morgan fingerprint density at radius 1 is 1.20 bits per heavy atom. The topological polar surface area (TPSA) is 23.5 Å². The SMILES string of the molecule is CCCN(CCC)[C@H]1CCc2c(O)cccc2[C@H]1C.Cl. The highest BCUT2D eigenvalue weighted by Crippen LogP contribution is 2.38. The van der Waals surface area contributed by atoms with E-state index in [2.05, 4.69) is 31.7 Å². The van der Waals surface area contributed by atoms with Gasteiger partial charge in [-0.25, -0.2) is 0 Å². The Hall–Kier alpha value is -0.730. The van der Waals surface area contributed by atoms with E-state index in [1.54, 1.807) is 0 Å². The number of phenolic OH excluding ortho intramolecular Hbond substituents is 1. The molecule has 3 heteroatoms.